The normalized spacial score (nSPS) is 23.3. The molecule has 0 saturated heterocycles. The quantitative estimate of drug-likeness (QED) is 0.723. The van der Waals surface area contributed by atoms with Crippen LogP contribution in [0.3, 0.4) is 0 Å². The van der Waals surface area contributed by atoms with Crippen molar-refractivity contribution >= 4 is 5.78 Å². The molecule has 2 rings (SSSR count). The number of carbonyl (C=O) groups excluding carboxylic acids is 1. The highest BCUT2D eigenvalue weighted by molar-refractivity contribution is 6.04. The molecule has 0 heterocycles. The van der Waals surface area contributed by atoms with Gasteiger partial charge in [-0.05, 0) is 6.08 Å². The Labute approximate surface area is 95.2 Å². The lowest BCUT2D eigenvalue weighted by molar-refractivity contribution is 0.0292. The van der Waals surface area contributed by atoms with Crippen LogP contribution in [0.25, 0.3) is 0 Å². The molecule has 1 aliphatic rings. The lowest BCUT2D eigenvalue weighted by Crippen LogP contribution is -2.39. The molecular weight excluding hydrogens is 200 g/mol. The minimum atomic E-state index is -0.823. The standard InChI is InChI=1S/C14H14O2/c1-16-14(10-6-3-7-11-14)13(15)12-8-4-2-5-9-12/h2-10H,11H2,1H3. The molecule has 0 aromatic heterocycles. The number of benzene rings is 1. The van der Waals surface area contributed by atoms with E-state index in [4.69, 9.17) is 4.74 Å². The Morgan fingerprint density at radius 3 is 2.56 bits per heavy atom. The van der Waals surface area contributed by atoms with E-state index in [2.05, 4.69) is 0 Å². The molecular formula is C14H14O2. The highest BCUT2D eigenvalue weighted by Gasteiger charge is 2.35. The van der Waals surface area contributed by atoms with Crippen LogP contribution in [0.4, 0.5) is 0 Å². The minimum Gasteiger partial charge on any atom is -0.366 e. The summed E-state index contributed by atoms with van der Waals surface area (Å²) in [7, 11) is 1.57. The van der Waals surface area contributed by atoms with Gasteiger partial charge in [0.2, 0.25) is 0 Å². The van der Waals surface area contributed by atoms with Gasteiger partial charge in [0, 0.05) is 19.1 Å². The molecule has 0 aliphatic heterocycles. The fourth-order valence-corrected chi connectivity index (χ4v) is 1.85. The number of ketones is 1. The monoisotopic (exact) mass is 214 g/mol. The van der Waals surface area contributed by atoms with E-state index >= 15 is 0 Å². The molecule has 16 heavy (non-hydrogen) atoms. The van der Waals surface area contributed by atoms with Gasteiger partial charge in [0.1, 0.15) is 0 Å². The zero-order chi connectivity index (χ0) is 11.4. The van der Waals surface area contributed by atoms with E-state index in [1.54, 1.807) is 7.11 Å². The summed E-state index contributed by atoms with van der Waals surface area (Å²) < 4.78 is 5.41. The van der Waals surface area contributed by atoms with E-state index in [-0.39, 0.29) is 5.78 Å². The molecule has 1 aromatic rings. The number of rotatable bonds is 3. The van der Waals surface area contributed by atoms with Crippen LogP contribution in [-0.2, 0) is 4.74 Å². The van der Waals surface area contributed by atoms with Crippen molar-refractivity contribution in [3.05, 3.63) is 60.2 Å². The Hall–Kier alpha value is -1.67. The third-order valence-corrected chi connectivity index (χ3v) is 2.82. The number of allylic oxidation sites excluding steroid dienone is 2. The van der Waals surface area contributed by atoms with Crippen LogP contribution in [0.15, 0.2) is 54.6 Å². The second-order valence-corrected chi connectivity index (χ2v) is 3.78. The highest BCUT2D eigenvalue weighted by Crippen LogP contribution is 2.26. The fourth-order valence-electron chi connectivity index (χ4n) is 1.85. The number of Topliss-reactive ketones (excluding diaryl/α,β-unsaturated/α-hetero) is 1. The van der Waals surface area contributed by atoms with Gasteiger partial charge in [-0.15, -0.1) is 0 Å². The molecule has 0 fully saturated rings. The van der Waals surface area contributed by atoms with Gasteiger partial charge >= 0.3 is 0 Å². The second kappa shape index (κ2) is 4.45. The highest BCUT2D eigenvalue weighted by atomic mass is 16.5. The summed E-state index contributed by atoms with van der Waals surface area (Å²) in [6, 6.07) is 9.25. The third kappa shape index (κ3) is 1.84. The van der Waals surface area contributed by atoms with Gasteiger partial charge in [-0.3, -0.25) is 4.79 Å². The van der Waals surface area contributed by atoms with Crippen LogP contribution in [0, 0.1) is 0 Å². The zero-order valence-corrected chi connectivity index (χ0v) is 9.22. The van der Waals surface area contributed by atoms with Crippen molar-refractivity contribution in [2.45, 2.75) is 12.0 Å². The van der Waals surface area contributed by atoms with Crippen LogP contribution >= 0.6 is 0 Å². The van der Waals surface area contributed by atoms with Gasteiger partial charge < -0.3 is 4.74 Å². The lowest BCUT2D eigenvalue weighted by Gasteiger charge is -2.28. The molecule has 0 saturated carbocycles. The first-order chi connectivity index (χ1) is 7.78. The number of methoxy groups -OCH3 is 1. The first kappa shape index (κ1) is 10.8. The maximum atomic E-state index is 12.3. The molecule has 0 N–H and O–H groups in total. The molecule has 2 heteroatoms. The van der Waals surface area contributed by atoms with E-state index in [1.807, 2.05) is 54.6 Å². The van der Waals surface area contributed by atoms with E-state index in [0.29, 0.717) is 12.0 Å². The molecule has 2 nitrogen and oxygen atoms in total. The predicted octanol–water partition coefficient (Wildman–Crippen LogP) is 2.77. The average Bonchev–Trinajstić information content (AvgIpc) is 2.39. The third-order valence-electron chi connectivity index (χ3n) is 2.82. The van der Waals surface area contributed by atoms with E-state index in [9.17, 15) is 4.79 Å². The van der Waals surface area contributed by atoms with E-state index < -0.39 is 5.60 Å². The molecule has 1 atom stereocenters. The van der Waals surface area contributed by atoms with Gasteiger partial charge in [-0.1, -0.05) is 48.6 Å². The van der Waals surface area contributed by atoms with Gasteiger partial charge in [-0.25, -0.2) is 0 Å². The first-order valence-corrected chi connectivity index (χ1v) is 5.28. The minimum absolute atomic E-state index is 0.0104. The Morgan fingerprint density at radius 2 is 2.00 bits per heavy atom. The zero-order valence-electron chi connectivity index (χ0n) is 9.22. The summed E-state index contributed by atoms with van der Waals surface area (Å²) in [4.78, 5) is 12.3. The fraction of sp³-hybridized carbons (Fsp3) is 0.214. The first-order valence-electron chi connectivity index (χ1n) is 5.28. The van der Waals surface area contributed by atoms with E-state index in [0.717, 1.165) is 0 Å². The van der Waals surface area contributed by atoms with Crippen molar-refractivity contribution in [1.82, 2.24) is 0 Å². The number of hydrogen-bond acceptors (Lipinski definition) is 2. The van der Waals surface area contributed by atoms with Gasteiger partial charge in [0.15, 0.2) is 11.4 Å². The lowest BCUT2D eigenvalue weighted by atomic mass is 9.87. The van der Waals surface area contributed by atoms with Crippen molar-refractivity contribution in [2.75, 3.05) is 7.11 Å². The Morgan fingerprint density at radius 1 is 1.25 bits per heavy atom. The largest absolute Gasteiger partial charge is 0.366 e. The van der Waals surface area contributed by atoms with E-state index in [1.165, 1.54) is 0 Å². The number of carbonyl (C=O) groups is 1. The summed E-state index contributed by atoms with van der Waals surface area (Å²) >= 11 is 0. The molecule has 0 spiro atoms. The van der Waals surface area contributed by atoms with Gasteiger partial charge in [0.05, 0.1) is 0 Å². The average molecular weight is 214 g/mol. The summed E-state index contributed by atoms with van der Waals surface area (Å²) in [6.07, 6.45) is 8.14. The van der Waals surface area contributed by atoms with Crippen LogP contribution in [0.1, 0.15) is 16.8 Å². The van der Waals surface area contributed by atoms with Crippen LogP contribution in [-0.4, -0.2) is 18.5 Å². The molecule has 82 valence electrons. The van der Waals surface area contributed by atoms with Crippen LogP contribution < -0.4 is 0 Å². The second-order valence-electron chi connectivity index (χ2n) is 3.78. The van der Waals surface area contributed by atoms with Crippen molar-refractivity contribution in [3.63, 3.8) is 0 Å². The Bertz CT molecular complexity index is 431. The van der Waals surface area contributed by atoms with Crippen molar-refractivity contribution in [2.24, 2.45) is 0 Å². The smallest absolute Gasteiger partial charge is 0.198 e. The van der Waals surface area contributed by atoms with Crippen LogP contribution in [0.2, 0.25) is 0 Å². The van der Waals surface area contributed by atoms with Crippen molar-refractivity contribution in [3.8, 4) is 0 Å². The molecule has 1 unspecified atom stereocenters. The van der Waals surface area contributed by atoms with Crippen molar-refractivity contribution < 1.29 is 9.53 Å². The SMILES string of the molecule is COC1(C(=O)c2ccccc2)C=CC=CC1. The molecule has 0 bridgehead atoms. The number of hydrogen-bond donors (Lipinski definition) is 0. The molecule has 1 aromatic carbocycles. The summed E-state index contributed by atoms with van der Waals surface area (Å²) in [5, 5.41) is 0. The molecule has 0 radical (unpaired) electrons. The predicted molar refractivity (Wildman–Crippen MR) is 63.4 cm³/mol. The number of ether oxygens (including phenoxy) is 1. The van der Waals surface area contributed by atoms with Gasteiger partial charge in [0.25, 0.3) is 0 Å². The maximum Gasteiger partial charge on any atom is 0.198 e. The maximum absolute atomic E-state index is 12.3. The van der Waals surface area contributed by atoms with Gasteiger partial charge in [-0.2, -0.15) is 0 Å². The van der Waals surface area contributed by atoms with Crippen molar-refractivity contribution in [1.29, 1.82) is 0 Å². The summed E-state index contributed by atoms with van der Waals surface area (Å²) in [6.45, 7) is 0. The Kier molecular flexibility index (Phi) is 3.02. The van der Waals surface area contributed by atoms with Crippen LogP contribution in [0.5, 0.6) is 0 Å². The molecule has 0 amide bonds. The molecule has 1 aliphatic carbocycles. The topological polar surface area (TPSA) is 26.3 Å². The summed E-state index contributed by atoms with van der Waals surface area (Å²) in [5.74, 6) is 0.0104. The Balaban J connectivity index is 2.33. The summed E-state index contributed by atoms with van der Waals surface area (Å²) in [5.41, 5.74) is -0.139.